The quantitative estimate of drug-likeness (QED) is 0.860. The number of amides is 2. The molecule has 1 atom stereocenters. The van der Waals surface area contributed by atoms with E-state index in [1.54, 1.807) is 21.5 Å². The van der Waals surface area contributed by atoms with E-state index in [0.29, 0.717) is 13.0 Å². The summed E-state index contributed by atoms with van der Waals surface area (Å²) in [4.78, 5) is 28.5. The first kappa shape index (κ1) is 16.2. The highest BCUT2D eigenvalue weighted by Gasteiger charge is 2.37. The fraction of sp³-hybridized carbons (Fsp3) is 0.389. The van der Waals surface area contributed by atoms with Crippen molar-refractivity contribution in [2.75, 3.05) is 18.5 Å². The summed E-state index contributed by atoms with van der Waals surface area (Å²) in [5.74, 6) is -0.125. The summed E-state index contributed by atoms with van der Waals surface area (Å²) in [5.41, 5.74) is 2.71. The molecule has 1 aliphatic heterocycles. The zero-order valence-corrected chi connectivity index (χ0v) is 14.3. The van der Waals surface area contributed by atoms with Gasteiger partial charge in [0, 0.05) is 25.0 Å². The Morgan fingerprint density at radius 1 is 1.29 bits per heavy atom. The molecule has 0 unspecified atom stereocenters. The molecule has 24 heavy (non-hydrogen) atoms. The molecule has 6 heteroatoms. The van der Waals surface area contributed by atoms with Gasteiger partial charge in [0.1, 0.15) is 12.6 Å². The number of benzene rings is 1. The number of nitrogens with zero attached hydrogens (tertiary/aromatic N) is 4. The van der Waals surface area contributed by atoms with Gasteiger partial charge in [-0.3, -0.25) is 14.3 Å². The Morgan fingerprint density at radius 3 is 2.62 bits per heavy atom. The Labute approximate surface area is 141 Å². The van der Waals surface area contributed by atoms with Crippen LogP contribution in [0.25, 0.3) is 0 Å². The Kier molecular flexibility index (Phi) is 4.38. The van der Waals surface area contributed by atoms with Crippen LogP contribution in [0.15, 0.2) is 36.4 Å². The lowest BCUT2D eigenvalue weighted by Gasteiger charge is -2.24. The van der Waals surface area contributed by atoms with Gasteiger partial charge in [-0.05, 0) is 38.5 Å². The fourth-order valence-corrected chi connectivity index (χ4v) is 3.14. The van der Waals surface area contributed by atoms with Crippen LogP contribution in [0.5, 0.6) is 0 Å². The maximum atomic E-state index is 12.7. The van der Waals surface area contributed by atoms with Crippen LogP contribution in [0.1, 0.15) is 17.8 Å². The third kappa shape index (κ3) is 3.04. The number of anilines is 1. The summed E-state index contributed by atoms with van der Waals surface area (Å²) in [6, 6.07) is 11.1. The number of hydrogen-bond acceptors (Lipinski definition) is 3. The number of aromatic nitrogens is 2. The van der Waals surface area contributed by atoms with Crippen LogP contribution in [0.4, 0.5) is 5.69 Å². The molecule has 1 aliphatic rings. The number of carbonyl (C=O) groups excluding carboxylic acids is 2. The van der Waals surface area contributed by atoms with Crippen molar-refractivity contribution >= 4 is 17.5 Å². The van der Waals surface area contributed by atoms with Crippen LogP contribution < -0.4 is 4.90 Å². The van der Waals surface area contributed by atoms with Gasteiger partial charge in [-0.15, -0.1) is 0 Å². The van der Waals surface area contributed by atoms with E-state index >= 15 is 0 Å². The molecule has 126 valence electrons. The predicted molar refractivity (Wildman–Crippen MR) is 91.7 cm³/mol. The van der Waals surface area contributed by atoms with Gasteiger partial charge in [0.05, 0.1) is 5.69 Å². The second kappa shape index (κ2) is 6.47. The first-order valence-corrected chi connectivity index (χ1v) is 8.10. The smallest absolute Gasteiger partial charge is 0.249 e. The summed E-state index contributed by atoms with van der Waals surface area (Å²) in [7, 11) is 1.70. The molecular formula is C18H22N4O2. The van der Waals surface area contributed by atoms with Gasteiger partial charge in [0.25, 0.3) is 0 Å². The molecule has 1 aromatic heterocycles. The van der Waals surface area contributed by atoms with Crippen molar-refractivity contribution in [2.45, 2.75) is 32.9 Å². The first-order valence-electron chi connectivity index (χ1n) is 8.10. The molecule has 0 saturated carbocycles. The maximum absolute atomic E-state index is 12.7. The molecule has 1 fully saturated rings. The maximum Gasteiger partial charge on any atom is 0.249 e. The van der Waals surface area contributed by atoms with E-state index in [2.05, 4.69) is 5.10 Å². The topological polar surface area (TPSA) is 58.4 Å². The van der Waals surface area contributed by atoms with E-state index in [4.69, 9.17) is 0 Å². The fourth-order valence-electron chi connectivity index (χ4n) is 3.14. The lowest BCUT2D eigenvalue weighted by Crippen LogP contribution is -2.44. The van der Waals surface area contributed by atoms with Gasteiger partial charge in [0.15, 0.2) is 0 Å². The van der Waals surface area contributed by atoms with Gasteiger partial charge in [-0.25, -0.2) is 0 Å². The zero-order valence-electron chi connectivity index (χ0n) is 14.3. The molecule has 1 saturated heterocycles. The second-order valence-corrected chi connectivity index (χ2v) is 6.22. The molecule has 3 rings (SSSR count). The molecule has 0 bridgehead atoms. The highest BCUT2D eigenvalue weighted by Crippen LogP contribution is 2.23. The number of hydrogen-bond donors (Lipinski definition) is 0. The van der Waals surface area contributed by atoms with E-state index in [1.165, 1.54) is 0 Å². The zero-order chi connectivity index (χ0) is 17.3. The van der Waals surface area contributed by atoms with E-state index in [-0.39, 0.29) is 18.4 Å². The number of carbonyl (C=O) groups is 2. The highest BCUT2D eigenvalue weighted by molar-refractivity contribution is 6.01. The van der Waals surface area contributed by atoms with Crippen LogP contribution in [0.3, 0.4) is 0 Å². The summed E-state index contributed by atoms with van der Waals surface area (Å²) in [6.45, 7) is 4.61. The first-order chi connectivity index (χ1) is 11.5. The second-order valence-electron chi connectivity index (χ2n) is 6.22. The van der Waals surface area contributed by atoms with Gasteiger partial charge < -0.3 is 9.80 Å². The van der Waals surface area contributed by atoms with Crippen molar-refractivity contribution in [2.24, 2.45) is 0 Å². The molecule has 2 amide bonds. The molecule has 0 spiro atoms. The predicted octanol–water partition coefficient (Wildman–Crippen LogP) is 1.76. The van der Waals surface area contributed by atoms with E-state index in [1.807, 2.05) is 50.2 Å². The summed E-state index contributed by atoms with van der Waals surface area (Å²) in [6.07, 6.45) is 0.646. The SMILES string of the molecule is Cc1cc(C)n(CC(=O)N(C)[C@@H]2CCN(c3ccccc3)C2=O)n1. The number of aryl methyl sites for hydroxylation is 2. The van der Waals surface area contributed by atoms with Crippen LogP contribution in [-0.2, 0) is 16.1 Å². The Morgan fingerprint density at radius 2 is 2.00 bits per heavy atom. The minimum atomic E-state index is -0.408. The van der Waals surface area contributed by atoms with Crippen LogP contribution in [-0.4, -0.2) is 46.1 Å². The highest BCUT2D eigenvalue weighted by atomic mass is 16.2. The monoisotopic (exact) mass is 326 g/mol. The van der Waals surface area contributed by atoms with E-state index in [0.717, 1.165) is 17.1 Å². The van der Waals surface area contributed by atoms with Crippen molar-refractivity contribution in [1.82, 2.24) is 14.7 Å². The summed E-state index contributed by atoms with van der Waals surface area (Å²) >= 11 is 0. The minimum absolute atomic E-state index is 0.0228. The van der Waals surface area contributed by atoms with Crippen molar-refractivity contribution < 1.29 is 9.59 Å². The van der Waals surface area contributed by atoms with Crippen molar-refractivity contribution in [3.05, 3.63) is 47.8 Å². The Bertz CT molecular complexity index is 754. The summed E-state index contributed by atoms with van der Waals surface area (Å²) < 4.78 is 1.68. The van der Waals surface area contributed by atoms with Crippen LogP contribution in [0.2, 0.25) is 0 Å². The largest absolute Gasteiger partial charge is 0.332 e. The average Bonchev–Trinajstić information content (AvgIpc) is 3.09. The van der Waals surface area contributed by atoms with Crippen LogP contribution >= 0.6 is 0 Å². The van der Waals surface area contributed by atoms with E-state index < -0.39 is 6.04 Å². The normalized spacial score (nSPS) is 17.4. The van der Waals surface area contributed by atoms with Gasteiger partial charge in [0.2, 0.25) is 11.8 Å². The molecule has 2 heterocycles. The average molecular weight is 326 g/mol. The number of rotatable bonds is 4. The van der Waals surface area contributed by atoms with Crippen molar-refractivity contribution in [3.8, 4) is 0 Å². The Hall–Kier alpha value is -2.63. The van der Waals surface area contributed by atoms with Crippen LogP contribution in [0, 0.1) is 13.8 Å². The molecule has 0 radical (unpaired) electrons. The Balaban J connectivity index is 1.69. The third-order valence-corrected chi connectivity index (χ3v) is 4.49. The lowest BCUT2D eigenvalue weighted by molar-refractivity contribution is -0.137. The van der Waals surface area contributed by atoms with Crippen molar-refractivity contribution in [1.29, 1.82) is 0 Å². The molecular weight excluding hydrogens is 304 g/mol. The number of para-hydroxylation sites is 1. The standard InChI is InChI=1S/C18H22N4O2/c1-13-11-14(2)22(19-13)12-17(23)20(3)16-9-10-21(18(16)24)15-7-5-4-6-8-15/h4-8,11,16H,9-10,12H2,1-3H3/t16-/m1/s1. The minimum Gasteiger partial charge on any atom is -0.332 e. The molecule has 2 aromatic rings. The van der Waals surface area contributed by atoms with Gasteiger partial charge >= 0.3 is 0 Å². The molecule has 0 aliphatic carbocycles. The summed E-state index contributed by atoms with van der Waals surface area (Å²) in [5, 5.41) is 4.31. The molecule has 6 nitrogen and oxygen atoms in total. The van der Waals surface area contributed by atoms with Gasteiger partial charge in [-0.2, -0.15) is 5.10 Å². The van der Waals surface area contributed by atoms with Crippen molar-refractivity contribution in [3.63, 3.8) is 0 Å². The number of likely N-dealkylation sites (N-methyl/N-ethyl adjacent to an activating group) is 1. The third-order valence-electron chi connectivity index (χ3n) is 4.49. The van der Waals surface area contributed by atoms with Gasteiger partial charge in [-0.1, -0.05) is 18.2 Å². The molecule has 0 N–H and O–H groups in total. The van der Waals surface area contributed by atoms with E-state index in [9.17, 15) is 9.59 Å². The molecule has 1 aromatic carbocycles. The lowest BCUT2D eigenvalue weighted by atomic mass is 10.2.